The third kappa shape index (κ3) is 5.65. The van der Waals surface area contributed by atoms with E-state index < -0.39 is 11.6 Å². The Morgan fingerprint density at radius 2 is 1.59 bits per heavy atom. The second kappa shape index (κ2) is 10.5. The highest BCUT2D eigenvalue weighted by molar-refractivity contribution is 6.52. The van der Waals surface area contributed by atoms with Crippen molar-refractivity contribution in [3.05, 3.63) is 33.9 Å². The van der Waals surface area contributed by atoms with Crippen LogP contribution in [0.4, 0.5) is 0 Å². The number of aryl methyl sites for hydroxylation is 1. The molecule has 0 unspecified atom stereocenters. The molecule has 0 saturated carbocycles. The maximum atomic E-state index is 12.5. The van der Waals surface area contributed by atoms with E-state index in [-0.39, 0.29) is 11.9 Å². The predicted octanol–water partition coefficient (Wildman–Crippen LogP) is 6.33. The summed E-state index contributed by atoms with van der Waals surface area (Å²) in [6.07, 6.45) is 10.2. The van der Waals surface area contributed by atoms with Gasteiger partial charge in [-0.05, 0) is 49.5 Å². The summed E-state index contributed by atoms with van der Waals surface area (Å²) in [7, 11) is 0. The van der Waals surface area contributed by atoms with E-state index in [0.717, 1.165) is 30.4 Å². The van der Waals surface area contributed by atoms with Crippen molar-refractivity contribution in [1.82, 2.24) is 0 Å². The molecule has 0 fully saturated rings. The van der Waals surface area contributed by atoms with Gasteiger partial charge in [-0.3, -0.25) is 14.4 Å². The number of esters is 1. The summed E-state index contributed by atoms with van der Waals surface area (Å²) in [5, 5.41) is 0. The van der Waals surface area contributed by atoms with E-state index >= 15 is 0 Å². The van der Waals surface area contributed by atoms with Crippen molar-refractivity contribution in [2.24, 2.45) is 0 Å². The van der Waals surface area contributed by atoms with Crippen LogP contribution in [0.1, 0.15) is 112 Å². The Hall–Kier alpha value is -2.23. The van der Waals surface area contributed by atoms with Gasteiger partial charge in [0.15, 0.2) is 0 Å². The van der Waals surface area contributed by atoms with Gasteiger partial charge in [0.2, 0.25) is 11.6 Å². The van der Waals surface area contributed by atoms with E-state index in [1.54, 1.807) is 26.0 Å². The maximum absolute atomic E-state index is 12.5. The number of hydrogen-bond donors (Lipinski definition) is 0. The third-order valence-corrected chi connectivity index (χ3v) is 5.50. The van der Waals surface area contributed by atoms with Crippen LogP contribution in [0.2, 0.25) is 0 Å². The van der Waals surface area contributed by atoms with Gasteiger partial charge in [-0.1, -0.05) is 59.3 Å². The molecule has 29 heavy (non-hydrogen) atoms. The number of carbonyl (C=O) groups is 3. The summed E-state index contributed by atoms with van der Waals surface area (Å²) in [6.45, 7) is 9.65. The molecule has 4 nitrogen and oxygen atoms in total. The second-order valence-electron chi connectivity index (χ2n) is 8.38. The molecule has 1 aliphatic rings. The van der Waals surface area contributed by atoms with Crippen LogP contribution >= 0.6 is 0 Å². The van der Waals surface area contributed by atoms with Crippen LogP contribution in [-0.2, 0) is 9.59 Å². The summed E-state index contributed by atoms with van der Waals surface area (Å²) in [5.41, 5.74) is 3.08. The van der Waals surface area contributed by atoms with E-state index in [2.05, 4.69) is 6.92 Å². The highest BCUT2D eigenvalue weighted by Crippen LogP contribution is 2.38. The van der Waals surface area contributed by atoms with Gasteiger partial charge >= 0.3 is 5.97 Å². The fraction of sp³-hybridized carbons (Fsp3) is 0.560. The Morgan fingerprint density at radius 1 is 0.966 bits per heavy atom. The fourth-order valence-electron chi connectivity index (χ4n) is 3.93. The lowest BCUT2D eigenvalue weighted by Crippen LogP contribution is -2.23. The first-order valence-corrected chi connectivity index (χ1v) is 10.9. The molecule has 0 N–H and O–H groups in total. The molecule has 0 spiro atoms. The Morgan fingerprint density at radius 3 is 2.21 bits per heavy atom. The number of benzene rings is 1. The lowest BCUT2D eigenvalue weighted by atomic mass is 9.82. The number of fused-ring (bicyclic) bond motifs is 1. The van der Waals surface area contributed by atoms with Crippen molar-refractivity contribution in [3.63, 3.8) is 0 Å². The number of ketones is 2. The zero-order valence-corrected chi connectivity index (χ0v) is 18.5. The lowest BCUT2D eigenvalue weighted by Gasteiger charge is -2.23. The smallest absolute Gasteiger partial charge is 0.311 e. The van der Waals surface area contributed by atoms with E-state index in [1.165, 1.54) is 25.7 Å². The minimum atomic E-state index is -0.472. The first-order valence-electron chi connectivity index (χ1n) is 10.9. The van der Waals surface area contributed by atoms with E-state index in [1.807, 2.05) is 13.8 Å². The normalized spacial score (nSPS) is 13.5. The molecule has 0 aromatic heterocycles. The predicted molar refractivity (Wildman–Crippen MR) is 117 cm³/mol. The van der Waals surface area contributed by atoms with Gasteiger partial charge in [0.25, 0.3) is 0 Å². The van der Waals surface area contributed by atoms with Crippen molar-refractivity contribution in [3.8, 4) is 5.75 Å². The number of ether oxygens (including phenoxy) is 1. The molecule has 0 bridgehead atoms. The van der Waals surface area contributed by atoms with Crippen molar-refractivity contribution in [1.29, 1.82) is 0 Å². The Balaban J connectivity index is 2.13. The molecule has 158 valence electrons. The number of rotatable bonds is 10. The summed E-state index contributed by atoms with van der Waals surface area (Å²) < 4.78 is 5.73. The average molecular weight is 399 g/mol. The third-order valence-electron chi connectivity index (χ3n) is 5.50. The Kier molecular flexibility index (Phi) is 8.36. The van der Waals surface area contributed by atoms with Gasteiger partial charge in [-0.25, -0.2) is 0 Å². The number of carbonyl (C=O) groups excluding carboxylic acids is 3. The van der Waals surface area contributed by atoms with E-state index in [9.17, 15) is 14.4 Å². The van der Waals surface area contributed by atoms with Crippen molar-refractivity contribution in [2.75, 3.05) is 0 Å². The topological polar surface area (TPSA) is 60.4 Å². The van der Waals surface area contributed by atoms with E-state index in [4.69, 9.17) is 4.74 Å². The molecule has 1 aliphatic carbocycles. The summed E-state index contributed by atoms with van der Waals surface area (Å²) in [5.74, 6) is -0.607. The maximum Gasteiger partial charge on any atom is 0.311 e. The monoisotopic (exact) mass is 398 g/mol. The Labute approximate surface area is 174 Å². The molecule has 0 radical (unpaired) electrons. The van der Waals surface area contributed by atoms with Crippen LogP contribution in [-0.4, -0.2) is 17.5 Å². The largest absolute Gasteiger partial charge is 0.426 e. The standard InChI is InChI=1S/C25H34O4/c1-6-7-8-9-10-11-12-13-21(26)29-20-15-17(4)23-19(22(20)16(2)3)14-18(5)24(27)25(23)28/h14-16H,6-13H2,1-5H3. The zero-order chi connectivity index (χ0) is 21.6. The molecule has 4 heteroatoms. The Bertz CT molecular complexity index is 815. The molecule has 0 saturated heterocycles. The quantitative estimate of drug-likeness (QED) is 0.200. The van der Waals surface area contributed by atoms with Crippen LogP contribution in [0.3, 0.4) is 0 Å². The lowest BCUT2D eigenvalue weighted by molar-refractivity contribution is -0.134. The van der Waals surface area contributed by atoms with Crippen molar-refractivity contribution in [2.45, 2.75) is 91.9 Å². The van der Waals surface area contributed by atoms with Gasteiger partial charge in [-0.15, -0.1) is 0 Å². The summed E-state index contributed by atoms with van der Waals surface area (Å²) >= 11 is 0. The van der Waals surface area contributed by atoms with Crippen molar-refractivity contribution < 1.29 is 19.1 Å². The zero-order valence-electron chi connectivity index (χ0n) is 18.5. The molecule has 0 atom stereocenters. The summed E-state index contributed by atoms with van der Waals surface area (Å²) in [4.78, 5) is 37.1. The summed E-state index contributed by atoms with van der Waals surface area (Å²) in [6, 6.07) is 1.73. The molecular weight excluding hydrogens is 364 g/mol. The van der Waals surface area contributed by atoms with Crippen molar-refractivity contribution >= 4 is 23.6 Å². The van der Waals surface area contributed by atoms with Gasteiger partial charge < -0.3 is 4.74 Å². The van der Waals surface area contributed by atoms with Crippen LogP contribution in [0, 0.1) is 6.92 Å². The van der Waals surface area contributed by atoms with Gasteiger partial charge in [0, 0.05) is 23.1 Å². The van der Waals surface area contributed by atoms with Crippen LogP contribution in [0.15, 0.2) is 11.6 Å². The molecule has 0 heterocycles. The molecule has 0 aliphatic heterocycles. The van der Waals surface area contributed by atoms with Gasteiger partial charge in [-0.2, -0.15) is 0 Å². The number of Topliss-reactive ketones (excluding diaryl/α,β-unsaturated/α-hetero) is 2. The minimum absolute atomic E-state index is 0.0516. The van der Waals surface area contributed by atoms with Gasteiger partial charge in [0.1, 0.15) is 5.75 Å². The highest BCUT2D eigenvalue weighted by atomic mass is 16.5. The number of unbranched alkanes of at least 4 members (excludes halogenated alkanes) is 6. The average Bonchev–Trinajstić information content (AvgIpc) is 2.64. The molecular formula is C25H34O4. The van der Waals surface area contributed by atoms with Crippen LogP contribution < -0.4 is 4.74 Å². The number of allylic oxidation sites excluding steroid dienone is 1. The van der Waals surface area contributed by atoms with Crippen LogP contribution in [0.5, 0.6) is 5.75 Å². The number of hydrogen-bond acceptors (Lipinski definition) is 4. The minimum Gasteiger partial charge on any atom is -0.426 e. The fourth-order valence-corrected chi connectivity index (χ4v) is 3.93. The first-order chi connectivity index (χ1) is 13.8. The second-order valence-corrected chi connectivity index (χ2v) is 8.38. The molecule has 2 rings (SSSR count). The SMILES string of the molecule is CCCCCCCCCC(=O)Oc1cc(C)c2c(c1C(C)C)C=C(C)C(=O)C2=O. The first kappa shape index (κ1) is 23.1. The highest BCUT2D eigenvalue weighted by Gasteiger charge is 2.31. The van der Waals surface area contributed by atoms with E-state index in [0.29, 0.717) is 28.9 Å². The molecule has 1 aromatic rings. The molecule has 0 amide bonds. The van der Waals surface area contributed by atoms with Gasteiger partial charge in [0.05, 0.1) is 0 Å². The van der Waals surface area contributed by atoms with Crippen LogP contribution in [0.25, 0.3) is 6.08 Å². The molecule has 1 aromatic carbocycles.